The van der Waals surface area contributed by atoms with Crippen molar-refractivity contribution in [3.63, 3.8) is 0 Å². The molecule has 0 aliphatic heterocycles. The van der Waals surface area contributed by atoms with Crippen LogP contribution in [0.25, 0.3) is 0 Å². The van der Waals surface area contributed by atoms with E-state index in [-0.39, 0.29) is 30.0 Å². The van der Waals surface area contributed by atoms with E-state index in [1.807, 2.05) is 18.2 Å². The quantitative estimate of drug-likeness (QED) is 0.203. The maximum atomic E-state index is 5.58. The molecular formula is C20H37IN4O2. The molecule has 1 rings (SSSR count). The molecule has 0 spiro atoms. The summed E-state index contributed by atoms with van der Waals surface area (Å²) in [6.45, 7) is 5.39. The molecule has 1 atom stereocenters. The second kappa shape index (κ2) is 15.9. The van der Waals surface area contributed by atoms with Crippen LogP contribution in [0.2, 0.25) is 0 Å². The van der Waals surface area contributed by atoms with Crippen LogP contribution < -0.4 is 15.4 Å². The molecule has 0 aliphatic carbocycles. The standard InChI is InChI=1S/C20H36N4O2.HI/c1-6-7-14-26-15-10-13-22-20(21-2)23-16-18(24(3)4)17-11-8-9-12-19(17)25-5;/h8-9,11-12,18H,6-7,10,13-16H2,1-5H3,(H2,21,22,23);1H. The molecule has 0 radical (unpaired) electrons. The van der Waals surface area contributed by atoms with Crippen molar-refractivity contribution in [2.45, 2.75) is 32.2 Å². The molecule has 0 saturated heterocycles. The number of ether oxygens (including phenoxy) is 2. The van der Waals surface area contributed by atoms with Crippen molar-refractivity contribution in [1.29, 1.82) is 0 Å². The monoisotopic (exact) mass is 492 g/mol. The Morgan fingerprint density at radius 1 is 1.15 bits per heavy atom. The van der Waals surface area contributed by atoms with Crippen molar-refractivity contribution in [3.05, 3.63) is 29.8 Å². The number of nitrogens with zero attached hydrogens (tertiary/aromatic N) is 2. The lowest BCUT2D eigenvalue weighted by Gasteiger charge is -2.27. The largest absolute Gasteiger partial charge is 0.496 e. The van der Waals surface area contributed by atoms with E-state index in [0.29, 0.717) is 0 Å². The van der Waals surface area contributed by atoms with E-state index >= 15 is 0 Å². The molecular weight excluding hydrogens is 455 g/mol. The van der Waals surface area contributed by atoms with Gasteiger partial charge in [0, 0.05) is 38.9 Å². The first kappa shape index (κ1) is 25.9. The minimum atomic E-state index is 0. The predicted molar refractivity (Wildman–Crippen MR) is 125 cm³/mol. The van der Waals surface area contributed by atoms with Crippen LogP contribution in [0, 0.1) is 0 Å². The normalized spacial score (nSPS) is 12.4. The van der Waals surface area contributed by atoms with Gasteiger partial charge in [-0.1, -0.05) is 31.5 Å². The number of benzene rings is 1. The maximum absolute atomic E-state index is 5.58. The molecule has 0 fully saturated rings. The topological polar surface area (TPSA) is 58.1 Å². The van der Waals surface area contributed by atoms with Gasteiger partial charge in [0.15, 0.2) is 5.96 Å². The molecule has 0 amide bonds. The number of likely N-dealkylation sites (N-methyl/N-ethyl adjacent to an activating group) is 1. The van der Waals surface area contributed by atoms with Gasteiger partial charge in [-0.15, -0.1) is 24.0 Å². The molecule has 156 valence electrons. The Morgan fingerprint density at radius 3 is 2.48 bits per heavy atom. The van der Waals surface area contributed by atoms with Crippen molar-refractivity contribution < 1.29 is 9.47 Å². The van der Waals surface area contributed by atoms with Gasteiger partial charge in [0.25, 0.3) is 0 Å². The summed E-state index contributed by atoms with van der Waals surface area (Å²) in [4.78, 5) is 6.49. The highest BCUT2D eigenvalue weighted by Gasteiger charge is 2.18. The number of para-hydroxylation sites is 1. The second-order valence-corrected chi connectivity index (χ2v) is 6.42. The smallest absolute Gasteiger partial charge is 0.191 e. The summed E-state index contributed by atoms with van der Waals surface area (Å²) in [5.74, 6) is 1.71. The van der Waals surface area contributed by atoms with Crippen LogP contribution >= 0.6 is 24.0 Å². The van der Waals surface area contributed by atoms with Crippen LogP contribution in [0.4, 0.5) is 0 Å². The Kier molecular flexibility index (Phi) is 15.3. The lowest BCUT2D eigenvalue weighted by molar-refractivity contribution is 0.129. The Labute approximate surface area is 182 Å². The Hall–Kier alpha value is -1.06. The summed E-state index contributed by atoms with van der Waals surface area (Å²) in [6.07, 6.45) is 3.27. The summed E-state index contributed by atoms with van der Waals surface area (Å²) in [5, 5.41) is 6.76. The third kappa shape index (κ3) is 10.2. The summed E-state index contributed by atoms with van der Waals surface area (Å²) < 4.78 is 11.1. The van der Waals surface area contributed by atoms with Crippen LogP contribution in [-0.2, 0) is 4.74 Å². The van der Waals surface area contributed by atoms with Gasteiger partial charge < -0.3 is 25.0 Å². The molecule has 0 aliphatic rings. The molecule has 0 saturated carbocycles. The zero-order valence-electron chi connectivity index (χ0n) is 17.5. The van der Waals surface area contributed by atoms with Crippen molar-refractivity contribution in [1.82, 2.24) is 15.5 Å². The van der Waals surface area contributed by atoms with Crippen LogP contribution in [0.15, 0.2) is 29.3 Å². The number of guanidine groups is 1. The van der Waals surface area contributed by atoms with E-state index in [1.165, 1.54) is 6.42 Å². The first-order valence-electron chi connectivity index (χ1n) is 9.45. The fourth-order valence-corrected chi connectivity index (χ4v) is 2.66. The summed E-state index contributed by atoms with van der Waals surface area (Å²) >= 11 is 0. The van der Waals surface area contributed by atoms with Crippen molar-refractivity contribution in [2.24, 2.45) is 4.99 Å². The molecule has 7 heteroatoms. The van der Waals surface area contributed by atoms with Crippen LogP contribution in [0.5, 0.6) is 5.75 Å². The van der Waals surface area contributed by atoms with Crippen LogP contribution in [-0.4, -0.2) is 65.4 Å². The number of hydrogen-bond acceptors (Lipinski definition) is 4. The molecule has 27 heavy (non-hydrogen) atoms. The first-order valence-corrected chi connectivity index (χ1v) is 9.45. The number of nitrogens with one attached hydrogen (secondary N) is 2. The maximum Gasteiger partial charge on any atom is 0.191 e. The number of methoxy groups -OCH3 is 1. The van der Waals surface area contributed by atoms with E-state index < -0.39 is 0 Å². The lowest BCUT2D eigenvalue weighted by Crippen LogP contribution is -2.42. The lowest BCUT2D eigenvalue weighted by atomic mass is 10.0. The fraction of sp³-hybridized carbons (Fsp3) is 0.650. The third-order valence-electron chi connectivity index (χ3n) is 4.21. The zero-order chi connectivity index (χ0) is 19.2. The average Bonchev–Trinajstić information content (AvgIpc) is 2.65. The Bertz CT molecular complexity index is 526. The molecule has 0 heterocycles. The SMILES string of the molecule is CCCCOCCCNC(=NC)NCC(c1ccccc1OC)N(C)C.I. The molecule has 1 unspecified atom stereocenters. The van der Waals surface area contributed by atoms with Gasteiger partial charge in [-0.3, -0.25) is 4.99 Å². The predicted octanol–water partition coefficient (Wildman–Crippen LogP) is 3.29. The van der Waals surface area contributed by atoms with Gasteiger partial charge in [0.1, 0.15) is 5.75 Å². The number of hydrogen-bond donors (Lipinski definition) is 2. The van der Waals surface area contributed by atoms with Crippen LogP contribution in [0.1, 0.15) is 37.8 Å². The van der Waals surface area contributed by atoms with E-state index in [0.717, 1.165) is 56.4 Å². The molecule has 0 bridgehead atoms. The summed E-state index contributed by atoms with van der Waals surface area (Å²) in [5.41, 5.74) is 1.16. The third-order valence-corrected chi connectivity index (χ3v) is 4.21. The number of aliphatic imine (C=N–C) groups is 1. The highest BCUT2D eigenvalue weighted by Crippen LogP contribution is 2.27. The van der Waals surface area contributed by atoms with Crippen molar-refractivity contribution in [3.8, 4) is 5.75 Å². The highest BCUT2D eigenvalue weighted by atomic mass is 127. The molecule has 2 N–H and O–H groups in total. The number of halogens is 1. The van der Waals surface area contributed by atoms with Gasteiger partial charge >= 0.3 is 0 Å². The van der Waals surface area contributed by atoms with Gasteiger partial charge in [-0.05, 0) is 33.0 Å². The molecule has 0 aromatic heterocycles. The minimum Gasteiger partial charge on any atom is -0.496 e. The van der Waals surface area contributed by atoms with E-state index in [9.17, 15) is 0 Å². The zero-order valence-corrected chi connectivity index (χ0v) is 19.8. The first-order chi connectivity index (χ1) is 12.6. The second-order valence-electron chi connectivity index (χ2n) is 6.42. The average molecular weight is 492 g/mol. The highest BCUT2D eigenvalue weighted by molar-refractivity contribution is 14.0. The van der Waals surface area contributed by atoms with Crippen molar-refractivity contribution >= 4 is 29.9 Å². The van der Waals surface area contributed by atoms with E-state index in [1.54, 1.807) is 14.2 Å². The minimum absolute atomic E-state index is 0. The summed E-state index contributed by atoms with van der Waals surface area (Å²) in [6, 6.07) is 8.32. The number of unbranched alkanes of at least 4 members (excludes halogenated alkanes) is 1. The molecule has 1 aromatic carbocycles. The number of rotatable bonds is 12. The van der Waals surface area contributed by atoms with E-state index in [4.69, 9.17) is 9.47 Å². The van der Waals surface area contributed by atoms with E-state index in [2.05, 4.69) is 47.6 Å². The van der Waals surface area contributed by atoms with Crippen molar-refractivity contribution in [2.75, 3.05) is 54.6 Å². The fourth-order valence-electron chi connectivity index (χ4n) is 2.66. The van der Waals surface area contributed by atoms with Crippen LogP contribution in [0.3, 0.4) is 0 Å². The van der Waals surface area contributed by atoms with Gasteiger partial charge in [0.05, 0.1) is 13.2 Å². The molecule has 6 nitrogen and oxygen atoms in total. The molecule has 1 aromatic rings. The Morgan fingerprint density at radius 2 is 1.85 bits per heavy atom. The van der Waals surface area contributed by atoms with Gasteiger partial charge in [0.2, 0.25) is 0 Å². The van der Waals surface area contributed by atoms with Gasteiger partial charge in [-0.25, -0.2) is 0 Å². The van der Waals surface area contributed by atoms with Gasteiger partial charge in [-0.2, -0.15) is 0 Å². The summed E-state index contributed by atoms with van der Waals surface area (Å²) in [7, 11) is 7.65. The Balaban J connectivity index is 0.00000676.